The molecule has 2 heterocycles. The lowest BCUT2D eigenvalue weighted by Gasteiger charge is -2.18. The zero-order chi connectivity index (χ0) is 16.8. The van der Waals surface area contributed by atoms with Crippen LogP contribution in [0.25, 0.3) is 5.65 Å². The van der Waals surface area contributed by atoms with Crippen LogP contribution in [0.3, 0.4) is 0 Å². The molecule has 2 rings (SSSR count). The fourth-order valence-electron chi connectivity index (χ4n) is 2.65. The van der Waals surface area contributed by atoms with Gasteiger partial charge in [-0.15, -0.1) is 0 Å². The number of likely N-dealkylation sites (N-methyl/N-ethyl adjacent to an activating group) is 1. The molecule has 0 spiro atoms. The molecule has 2 aromatic rings. The minimum Gasteiger partial charge on any atom is -0.490 e. The highest BCUT2D eigenvalue weighted by Crippen LogP contribution is 2.21. The topological polar surface area (TPSA) is 58.9 Å². The number of pyridine rings is 1. The Balaban J connectivity index is 2.17. The van der Waals surface area contributed by atoms with Crippen molar-refractivity contribution in [2.75, 3.05) is 32.8 Å². The molecule has 0 aliphatic rings. The van der Waals surface area contributed by atoms with Gasteiger partial charge in [-0.2, -0.15) is 0 Å². The van der Waals surface area contributed by atoms with Gasteiger partial charge in [0.2, 0.25) is 0 Å². The maximum atomic E-state index is 12.5. The number of aryl methyl sites for hydroxylation is 1. The van der Waals surface area contributed by atoms with Crippen LogP contribution in [0.1, 0.15) is 37.0 Å². The first-order chi connectivity index (χ1) is 11.1. The van der Waals surface area contributed by atoms with Gasteiger partial charge in [0.1, 0.15) is 5.69 Å². The second kappa shape index (κ2) is 7.97. The second-order valence-electron chi connectivity index (χ2n) is 5.33. The van der Waals surface area contributed by atoms with Crippen molar-refractivity contribution in [1.82, 2.24) is 19.6 Å². The molecule has 0 unspecified atom stereocenters. The fraction of sp³-hybridized carbons (Fsp3) is 0.529. The van der Waals surface area contributed by atoms with Gasteiger partial charge in [-0.05, 0) is 39.1 Å². The van der Waals surface area contributed by atoms with Gasteiger partial charge in [0.25, 0.3) is 5.91 Å². The summed E-state index contributed by atoms with van der Waals surface area (Å²) in [5.41, 5.74) is 1.96. The molecule has 1 N–H and O–H groups in total. The lowest BCUT2D eigenvalue weighted by Crippen LogP contribution is -2.35. The second-order valence-corrected chi connectivity index (χ2v) is 5.33. The van der Waals surface area contributed by atoms with Crippen LogP contribution in [0.2, 0.25) is 0 Å². The lowest BCUT2D eigenvalue weighted by atomic mass is 10.3. The first kappa shape index (κ1) is 17.3. The number of aromatic nitrogens is 2. The Morgan fingerprint density at radius 1 is 1.35 bits per heavy atom. The van der Waals surface area contributed by atoms with E-state index in [1.165, 1.54) is 0 Å². The third kappa shape index (κ3) is 3.82. The van der Waals surface area contributed by atoms with E-state index in [4.69, 9.17) is 4.74 Å². The molecule has 6 heteroatoms. The maximum Gasteiger partial charge on any atom is 0.270 e. The third-order valence-corrected chi connectivity index (χ3v) is 3.91. The van der Waals surface area contributed by atoms with Gasteiger partial charge >= 0.3 is 0 Å². The molecular weight excluding hydrogens is 292 g/mol. The van der Waals surface area contributed by atoms with Crippen LogP contribution < -0.4 is 10.1 Å². The number of rotatable bonds is 8. The van der Waals surface area contributed by atoms with Crippen LogP contribution in [-0.2, 0) is 0 Å². The molecule has 126 valence electrons. The van der Waals surface area contributed by atoms with E-state index >= 15 is 0 Å². The van der Waals surface area contributed by atoms with Gasteiger partial charge in [-0.1, -0.05) is 13.8 Å². The van der Waals surface area contributed by atoms with Crippen molar-refractivity contribution in [1.29, 1.82) is 0 Å². The van der Waals surface area contributed by atoms with E-state index in [-0.39, 0.29) is 5.91 Å². The van der Waals surface area contributed by atoms with Crippen molar-refractivity contribution in [3.05, 3.63) is 29.7 Å². The van der Waals surface area contributed by atoms with Gasteiger partial charge in [-0.3, -0.25) is 9.20 Å². The molecule has 6 nitrogen and oxygen atoms in total. The van der Waals surface area contributed by atoms with Crippen LogP contribution in [0, 0.1) is 6.92 Å². The summed E-state index contributed by atoms with van der Waals surface area (Å²) >= 11 is 0. The summed E-state index contributed by atoms with van der Waals surface area (Å²) in [6, 6.07) is 3.74. The number of fused-ring (bicyclic) bond motifs is 1. The summed E-state index contributed by atoms with van der Waals surface area (Å²) in [5.74, 6) is 0.594. The van der Waals surface area contributed by atoms with Gasteiger partial charge in [-0.25, -0.2) is 4.98 Å². The van der Waals surface area contributed by atoms with Crippen molar-refractivity contribution in [2.45, 2.75) is 27.7 Å². The summed E-state index contributed by atoms with van der Waals surface area (Å²) in [5, 5.41) is 2.99. The van der Waals surface area contributed by atoms with Gasteiger partial charge in [0.15, 0.2) is 11.4 Å². The molecular formula is C17H26N4O2. The molecule has 0 aliphatic carbocycles. The normalized spacial score (nSPS) is 11.2. The molecule has 2 aromatic heterocycles. The Hall–Kier alpha value is -2.08. The molecule has 0 saturated heterocycles. The molecule has 0 aliphatic heterocycles. The Labute approximate surface area is 137 Å². The van der Waals surface area contributed by atoms with Crippen molar-refractivity contribution < 1.29 is 9.53 Å². The minimum atomic E-state index is -0.101. The maximum absolute atomic E-state index is 12.5. The van der Waals surface area contributed by atoms with Crippen LogP contribution in [0.5, 0.6) is 5.75 Å². The van der Waals surface area contributed by atoms with E-state index < -0.39 is 0 Å². The SMILES string of the molecule is CCOc1cccn2c(C(=O)NCCN(CC)CC)c(C)nc12. The summed E-state index contributed by atoms with van der Waals surface area (Å²) in [4.78, 5) is 19.3. The van der Waals surface area contributed by atoms with E-state index in [1.807, 2.05) is 32.2 Å². The molecule has 0 aromatic carbocycles. The molecule has 1 amide bonds. The van der Waals surface area contributed by atoms with E-state index in [0.717, 1.165) is 19.6 Å². The van der Waals surface area contributed by atoms with E-state index in [1.54, 1.807) is 4.40 Å². The average molecular weight is 318 g/mol. The molecule has 0 bridgehead atoms. The smallest absolute Gasteiger partial charge is 0.270 e. The predicted molar refractivity (Wildman–Crippen MR) is 91.2 cm³/mol. The highest BCUT2D eigenvalue weighted by Gasteiger charge is 2.18. The Kier molecular flexibility index (Phi) is 5.98. The highest BCUT2D eigenvalue weighted by atomic mass is 16.5. The first-order valence-electron chi connectivity index (χ1n) is 8.23. The summed E-state index contributed by atoms with van der Waals surface area (Å²) < 4.78 is 7.39. The van der Waals surface area contributed by atoms with Crippen LogP contribution in [0.4, 0.5) is 0 Å². The van der Waals surface area contributed by atoms with Crippen molar-refractivity contribution in [2.24, 2.45) is 0 Å². The van der Waals surface area contributed by atoms with E-state index in [0.29, 0.717) is 35.9 Å². The number of nitrogens with zero attached hydrogens (tertiary/aromatic N) is 3. The lowest BCUT2D eigenvalue weighted by molar-refractivity contribution is 0.0942. The number of hydrogen-bond donors (Lipinski definition) is 1. The first-order valence-corrected chi connectivity index (χ1v) is 8.23. The molecule has 0 radical (unpaired) electrons. The standard InChI is InChI=1S/C17H26N4O2/c1-5-20(6-2)12-10-18-17(22)15-13(4)19-16-14(23-7-3)9-8-11-21(15)16/h8-9,11H,5-7,10,12H2,1-4H3,(H,18,22). The number of carbonyl (C=O) groups excluding carboxylic acids is 1. The molecule has 0 fully saturated rings. The van der Waals surface area contributed by atoms with Gasteiger partial charge in [0.05, 0.1) is 12.3 Å². The minimum absolute atomic E-state index is 0.101. The Bertz CT molecular complexity index is 662. The van der Waals surface area contributed by atoms with Gasteiger partial charge < -0.3 is 15.0 Å². The molecule has 0 atom stereocenters. The number of imidazole rings is 1. The Morgan fingerprint density at radius 2 is 2.09 bits per heavy atom. The van der Waals surface area contributed by atoms with Crippen LogP contribution in [0.15, 0.2) is 18.3 Å². The highest BCUT2D eigenvalue weighted by molar-refractivity contribution is 5.94. The molecule has 23 heavy (non-hydrogen) atoms. The summed E-state index contributed by atoms with van der Waals surface area (Å²) in [7, 11) is 0. The van der Waals surface area contributed by atoms with Crippen LogP contribution >= 0.6 is 0 Å². The van der Waals surface area contributed by atoms with Crippen molar-refractivity contribution in [3.8, 4) is 5.75 Å². The number of amides is 1. The van der Waals surface area contributed by atoms with E-state index in [2.05, 4.69) is 29.0 Å². The number of carbonyl (C=O) groups is 1. The van der Waals surface area contributed by atoms with Gasteiger partial charge in [0, 0.05) is 19.3 Å². The number of nitrogens with one attached hydrogen (secondary N) is 1. The Morgan fingerprint density at radius 3 is 2.74 bits per heavy atom. The number of hydrogen-bond acceptors (Lipinski definition) is 4. The zero-order valence-corrected chi connectivity index (χ0v) is 14.4. The largest absolute Gasteiger partial charge is 0.490 e. The van der Waals surface area contributed by atoms with Crippen molar-refractivity contribution in [3.63, 3.8) is 0 Å². The zero-order valence-electron chi connectivity index (χ0n) is 14.4. The fourth-order valence-corrected chi connectivity index (χ4v) is 2.65. The van der Waals surface area contributed by atoms with E-state index in [9.17, 15) is 4.79 Å². The summed E-state index contributed by atoms with van der Waals surface area (Å²) in [6.07, 6.45) is 1.84. The molecule has 0 saturated carbocycles. The average Bonchev–Trinajstić information content (AvgIpc) is 2.89. The van der Waals surface area contributed by atoms with Crippen molar-refractivity contribution >= 4 is 11.6 Å². The number of ether oxygens (including phenoxy) is 1. The quantitative estimate of drug-likeness (QED) is 0.810. The predicted octanol–water partition coefficient (Wildman–Crippen LogP) is 2.11. The third-order valence-electron chi connectivity index (χ3n) is 3.91. The summed E-state index contributed by atoms with van der Waals surface area (Å²) in [6.45, 7) is 12.0. The van der Waals surface area contributed by atoms with Crippen LogP contribution in [-0.4, -0.2) is 53.0 Å². The monoisotopic (exact) mass is 318 g/mol.